The summed E-state index contributed by atoms with van der Waals surface area (Å²) in [5.74, 6) is 2.46. The molecule has 0 fully saturated rings. The zero-order valence-corrected chi connectivity index (χ0v) is 7.99. The maximum absolute atomic E-state index is 10.1. The summed E-state index contributed by atoms with van der Waals surface area (Å²) in [5.41, 5.74) is -0.353. The molecule has 0 aromatic heterocycles. The largest absolute Gasteiger partial charge is 0.373 e. The molecule has 0 aliphatic heterocycles. The molecular formula is C12H14O. The van der Waals surface area contributed by atoms with Gasteiger partial charge in [0.05, 0.1) is 0 Å². The van der Waals surface area contributed by atoms with Crippen molar-refractivity contribution in [3.8, 4) is 12.3 Å². The molecule has 68 valence electrons. The molecule has 13 heavy (non-hydrogen) atoms. The number of rotatable bonds is 2. The molecule has 0 spiro atoms. The van der Waals surface area contributed by atoms with Gasteiger partial charge in [0.1, 0.15) is 0 Å². The normalized spacial score (nSPS) is 15.0. The van der Waals surface area contributed by atoms with Crippen LogP contribution in [0.3, 0.4) is 0 Å². The molecule has 1 atom stereocenters. The monoisotopic (exact) mass is 174 g/mol. The zero-order chi connectivity index (χ0) is 9.90. The molecule has 0 amide bonds. The van der Waals surface area contributed by atoms with E-state index in [1.165, 1.54) is 0 Å². The quantitative estimate of drug-likeness (QED) is 0.681. The molecule has 1 nitrogen and oxygen atoms in total. The standard InChI is InChI=1S/C12H14O/c1-4-12(13,10(2)3)11-8-6-5-7-9-11/h1,5-10,13H,2-3H3. The molecule has 0 saturated heterocycles. The van der Waals surface area contributed by atoms with Crippen molar-refractivity contribution in [2.45, 2.75) is 19.4 Å². The lowest BCUT2D eigenvalue weighted by molar-refractivity contribution is 0.0505. The highest BCUT2D eigenvalue weighted by Crippen LogP contribution is 2.28. The van der Waals surface area contributed by atoms with Crippen LogP contribution in [-0.2, 0) is 5.60 Å². The first kappa shape index (κ1) is 9.83. The molecule has 0 saturated carbocycles. The fraction of sp³-hybridized carbons (Fsp3) is 0.333. The molecule has 1 unspecified atom stereocenters. The van der Waals surface area contributed by atoms with E-state index in [1.54, 1.807) is 0 Å². The first-order chi connectivity index (χ1) is 6.11. The van der Waals surface area contributed by atoms with E-state index in [9.17, 15) is 5.11 Å². The number of aliphatic hydroxyl groups is 1. The summed E-state index contributed by atoms with van der Waals surface area (Å²) in [7, 11) is 0. The number of hydrogen-bond acceptors (Lipinski definition) is 1. The minimum absolute atomic E-state index is 0.0138. The fourth-order valence-corrected chi connectivity index (χ4v) is 1.28. The molecule has 0 radical (unpaired) electrons. The number of benzene rings is 1. The molecular weight excluding hydrogens is 160 g/mol. The van der Waals surface area contributed by atoms with Crippen molar-refractivity contribution in [1.82, 2.24) is 0 Å². The van der Waals surface area contributed by atoms with Gasteiger partial charge in [-0.3, -0.25) is 0 Å². The van der Waals surface area contributed by atoms with Crippen LogP contribution in [0.4, 0.5) is 0 Å². The van der Waals surface area contributed by atoms with Gasteiger partial charge in [0.25, 0.3) is 0 Å². The number of terminal acetylenes is 1. The van der Waals surface area contributed by atoms with Gasteiger partial charge in [0.15, 0.2) is 5.60 Å². The summed E-state index contributed by atoms with van der Waals surface area (Å²) in [4.78, 5) is 0. The Morgan fingerprint density at radius 3 is 2.23 bits per heavy atom. The van der Waals surface area contributed by atoms with Crippen LogP contribution in [0, 0.1) is 18.3 Å². The minimum atomic E-state index is -1.14. The third-order valence-electron chi connectivity index (χ3n) is 2.27. The topological polar surface area (TPSA) is 20.2 Å². The third kappa shape index (κ3) is 1.74. The van der Waals surface area contributed by atoms with Crippen molar-refractivity contribution in [3.63, 3.8) is 0 Å². The van der Waals surface area contributed by atoms with Gasteiger partial charge in [-0.15, -0.1) is 6.42 Å². The number of hydrogen-bond donors (Lipinski definition) is 1. The molecule has 0 bridgehead atoms. The van der Waals surface area contributed by atoms with E-state index in [2.05, 4.69) is 5.92 Å². The van der Waals surface area contributed by atoms with Crippen molar-refractivity contribution >= 4 is 0 Å². The van der Waals surface area contributed by atoms with Crippen LogP contribution in [0.25, 0.3) is 0 Å². The average molecular weight is 174 g/mol. The van der Waals surface area contributed by atoms with Crippen molar-refractivity contribution in [2.24, 2.45) is 5.92 Å². The Hall–Kier alpha value is -1.26. The maximum Gasteiger partial charge on any atom is 0.152 e. The van der Waals surface area contributed by atoms with E-state index in [0.29, 0.717) is 0 Å². The second kappa shape index (κ2) is 3.64. The lowest BCUT2D eigenvalue weighted by Gasteiger charge is -2.26. The molecule has 1 rings (SSSR count). The van der Waals surface area contributed by atoms with Crippen LogP contribution in [0.5, 0.6) is 0 Å². The van der Waals surface area contributed by atoms with Crippen LogP contribution < -0.4 is 0 Å². The van der Waals surface area contributed by atoms with Crippen molar-refractivity contribution in [2.75, 3.05) is 0 Å². The van der Waals surface area contributed by atoms with Gasteiger partial charge in [-0.2, -0.15) is 0 Å². The van der Waals surface area contributed by atoms with Crippen LogP contribution >= 0.6 is 0 Å². The lowest BCUT2D eigenvalue weighted by atomic mass is 9.84. The third-order valence-corrected chi connectivity index (χ3v) is 2.27. The van der Waals surface area contributed by atoms with Crippen molar-refractivity contribution in [1.29, 1.82) is 0 Å². The predicted octanol–water partition coefficient (Wildman–Crippen LogP) is 2.16. The van der Waals surface area contributed by atoms with Crippen LogP contribution in [-0.4, -0.2) is 5.11 Å². The van der Waals surface area contributed by atoms with E-state index >= 15 is 0 Å². The smallest absolute Gasteiger partial charge is 0.152 e. The first-order valence-electron chi connectivity index (χ1n) is 4.37. The van der Waals surface area contributed by atoms with Gasteiger partial charge in [-0.25, -0.2) is 0 Å². The van der Waals surface area contributed by atoms with Gasteiger partial charge >= 0.3 is 0 Å². The maximum atomic E-state index is 10.1. The Morgan fingerprint density at radius 1 is 1.31 bits per heavy atom. The summed E-state index contributed by atoms with van der Waals surface area (Å²) < 4.78 is 0. The minimum Gasteiger partial charge on any atom is -0.373 e. The molecule has 1 N–H and O–H groups in total. The van der Waals surface area contributed by atoms with Crippen molar-refractivity contribution < 1.29 is 5.11 Å². The zero-order valence-electron chi connectivity index (χ0n) is 7.99. The molecule has 1 aromatic rings. The van der Waals surface area contributed by atoms with Gasteiger partial charge in [0.2, 0.25) is 0 Å². The molecule has 1 aromatic carbocycles. The van der Waals surface area contributed by atoms with Gasteiger partial charge in [-0.1, -0.05) is 50.1 Å². The van der Waals surface area contributed by atoms with Gasteiger partial charge < -0.3 is 5.11 Å². The summed E-state index contributed by atoms with van der Waals surface area (Å²) >= 11 is 0. The molecule has 0 heterocycles. The Kier molecular flexibility index (Phi) is 2.75. The highest BCUT2D eigenvalue weighted by atomic mass is 16.3. The fourth-order valence-electron chi connectivity index (χ4n) is 1.28. The lowest BCUT2D eigenvalue weighted by Crippen LogP contribution is -2.29. The second-order valence-corrected chi connectivity index (χ2v) is 3.43. The van der Waals surface area contributed by atoms with Crippen molar-refractivity contribution in [3.05, 3.63) is 35.9 Å². The van der Waals surface area contributed by atoms with E-state index in [0.717, 1.165) is 5.56 Å². The van der Waals surface area contributed by atoms with Crippen LogP contribution in [0.2, 0.25) is 0 Å². The SMILES string of the molecule is C#CC(O)(c1ccccc1)C(C)C. The van der Waals surface area contributed by atoms with E-state index < -0.39 is 5.60 Å². The summed E-state index contributed by atoms with van der Waals surface area (Å²) in [6, 6.07) is 9.35. The summed E-state index contributed by atoms with van der Waals surface area (Å²) in [5, 5.41) is 10.1. The Bertz CT molecular complexity index is 308. The highest BCUT2D eigenvalue weighted by Gasteiger charge is 2.30. The molecule has 0 aliphatic carbocycles. The molecule has 0 aliphatic rings. The van der Waals surface area contributed by atoms with Crippen LogP contribution in [0.15, 0.2) is 30.3 Å². The van der Waals surface area contributed by atoms with Gasteiger partial charge in [-0.05, 0) is 11.5 Å². The summed E-state index contributed by atoms with van der Waals surface area (Å²) in [6.07, 6.45) is 5.34. The van der Waals surface area contributed by atoms with E-state index in [1.807, 2.05) is 44.2 Å². The highest BCUT2D eigenvalue weighted by molar-refractivity contribution is 5.30. The van der Waals surface area contributed by atoms with E-state index in [4.69, 9.17) is 6.42 Å². The Balaban J connectivity index is 3.13. The van der Waals surface area contributed by atoms with E-state index in [-0.39, 0.29) is 5.92 Å². The second-order valence-electron chi connectivity index (χ2n) is 3.43. The predicted molar refractivity (Wildman–Crippen MR) is 54.0 cm³/mol. The first-order valence-corrected chi connectivity index (χ1v) is 4.37. The average Bonchev–Trinajstić information content (AvgIpc) is 2.17. The Morgan fingerprint density at radius 2 is 1.85 bits per heavy atom. The van der Waals surface area contributed by atoms with Gasteiger partial charge in [0, 0.05) is 0 Å². The Labute approximate surface area is 79.4 Å². The molecule has 1 heteroatoms. The van der Waals surface area contributed by atoms with Crippen LogP contribution in [0.1, 0.15) is 19.4 Å². The summed E-state index contributed by atoms with van der Waals surface area (Å²) in [6.45, 7) is 3.82.